The Balaban J connectivity index is 0.000000224. The van der Waals surface area contributed by atoms with Crippen molar-refractivity contribution in [1.82, 2.24) is 4.31 Å². The molecule has 0 aromatic heterocycles. The minimum Gasteiger partial charge on any atom is -0.475 e. The smallest absolute Gasteiger partial charge is 0.475 e. The number of carboxylic acid groups (broad SMARTS) is 2. The predicted octanol–water partition coefficient (Wildman–Crippen LogP) is 2.48. The van der Waals surface area contributed by atoms with E-state index < -0.39 is 28.1 Å². The molecule has 1 amide bonds. The van der Waals surface area contributed by atoms with Crippen LogP contribution in [-0.4, -0.2) is 53.0 Å². The molecule has 2 N–H and O–H groups in total. The average Bonchev–Trinajstić information content (AvgIpc) is 2.26. The van der Waals surface area contributed by atoms with Crippen molar-refractivity contribution in [3.63, 3.8) is 0 Å². The Morgan fingerprint density at radius 2 is 1.95 bits per heavy atom. The molecular formula is C7H6F3NO5S3. The zero-order valence-electron chi connectivity index (χ0n) is 8.79. The molecule has 12 heteroatoms. The van der Waals surface area contributed by atoms with Crippen LogP contribution in [0.15, 0.2) is 0 Å². The second-order valence-electron chi connectivity index (χ2n) is 2.90. The van der Waals surface area contributed by atoms with Crippen molar-refractivity contribution in [3.05, 3.63) is 0 Å². The van der Waals surface area contributed by atoms with E-state index in [1.807, 2.05) is 0 Å². The number of carboxylic acids is 1. The minimum atomic E-state index is -5.08. The highest BCUT2D eigenvalue weighted by molar-refractivity contribution is 8.35. The third-order valence-electron chi connectivity index (χ3n) is 1.67. The largest absolute Gasteiger partial charge is 0.490 e. The van der Waals surface area contributed by atoms with Crippen LogP contribution in [0.4, 0.5) is 22.8 Å². The van der Waals surface area contributed by atoms with Gasteiger partial charge >= 0.3 is 17.4 Å². The molecule has 0 aromatic carbocycles. The van der Waals surface area contributed by atoms with E-state index in [2.05, 4.69) is 0 Å². The van der Waals surface area contributed by atoms with E-state index in [-0.39, 0.29) is 9.95 Å². The fraction of sp³-hybridized carbons (Fsp3) is 0.429. The minimum absolute atomic E-state index is 0.0435. The van der Waals surface area contributed by atoms with Crippen LogP contribution < -0.4 is 0 Å². The highest BCUT2D eigenvalue weighted by Gasteiger charge is 2.43. The van der Waals surface area contributed by atoms with Crippen LogP contribution in [0.2, 0.25) is 0 Å². The van der Waals surface area contributed by atoms with E-state index in [1.165, 1.54) is 16.1 Å². The molecule has 1 unspecified atom stereocenters. The SMILES string of the molecule is O=C(O)C(F)(F)F.O=C1S[C@@H]2SCC=S(C(=O)O)N12. The van der Waals surface area contributed by atoms with Gasteiger partial charge in [-0.1, -0.05) is 0 Å². The summed E-state index contributed by atoms with van der Waals surface area (Å²) in [6.45, 7) is 0. The Bertz CT molecular complexity index is 452. The summed E-state index contributed by atoms with van der Waals surface area (Å²) >= 11 is 2.80. The molecule has 0 radical (unpaired) electrons. The third kappa shape index (κ3) is 4.04. The molecule has 2 atom stereocenters. The Morgan fingerprint density at radius 3 is 2.26 bits per heavy atom. The summed E-state index contributed by atoms with van der Waals surface area (Å²) in [5, 5.41) is 16.5. The fourth-order valence-electron chi connectivity index (χ4n) is 0.919. The van der Waals surface area contributed by atoms with Crippen molar-refractivity contribution in [2.75, 3.05) is 5.75 Å². The van der Waals surface area contributed by atoms with E-state index in [9.17, 15) is 22.8 Å². The number of aliphatic carboxylic acids is 1. The van der Waals surface area contributed by atoms with Gasteiger partial charge < -0.3 is 10.2 Å². The Kier molecular flexibility index (Phi) is 5.15. The summed E-state index contributed by atoms with van der Waals surface area (Å²) in [5.74, 6) is -2.04. The highest BCUT2D eigenvalue weighted by Crippen LogP contribution is 2.49. The second kappa shape index (κ2) is 6.05. The Labute approximate surface area is 115 Å². The maximum absolute atomic E-state index is 11.0. The quantitative estimate of drug-likeness (QED) is 0.656. The van der Waals surface area contributed by atoms with Crippen LogP contribution in [0.1, 0.15) is 0 Å². The number of alkyl halides is 3. The molecular weight excluding hydrogens is 331 g/mol. The van der Waals surface area contributed by atoms with Crippen molar-refractivity contribution in [3.8, 4) is 0 Å². The number of hydrogen-bond donors (Lipinski definition) is 2. The summed E-state index contributed by atoms with van der Waals surface area (Å²) < 4.78 is 33.2. The van der Waals surface area contributed by atoms with Crippen molar-refractivity contribution in [1.29, 1.82) is 0 Å². The first-order chi connectivity index (χ1) is 8.64. The monoisotopic (exact) mass is 337 g/mol. The van der Waals surface area contributed by atoms with Crippen molar-refractivity contribution < 1.29 is 37.8 Å². The van der Waals surface area contributed by atoms with E-state index in [1.54, 1.807) is 17.1 Å². The van der Waals surface area contributed by atoms with Crippen LogP contribution >= 0.6 is 34.2 Å². The summed E-state index contributed by atoms with van der Waals surface area (Å²) in [5.41, 5.74) is 0. The van der Waals surface area contributed by atoms with Gasteiger partial charge in [0.15, 0.2) is 0 Å². The van der Waals surface area contributed by atoms with Crippen LogP contribution in [0.3, 0.4) is 0 Å². The Morgan fingerprint density at radius 1 is 1.42 bits per heavy atom. The molecule has 2 heterocycles. The summed E-state index contributed by atoms with van der Waals surface area (Å²) in [6, 6.07) is 0. The number of amides is 1. The lowest BCUT2D eigenvalue weighted by Crippen LogP contribution is -2.44. The maximum atomic E-state index is 11.0. The number of thioether (sulfide) groups is 2. The molecule has 19 heavy (non-hydrogen) atoms. The van der Waals surface area contributed by atoms with E-state index in [0.29, 0.717) is 0 Å². The van der Waals surface area contributed by atoms with Crippen LogP contribution in [0, 0.1) is 0 Å². The molecule has 0 spiro atoms. The zero-order valence-corrected chi connectivity index (χ0v) is 11.2. The first-order valence-corrected chi connectivity index (χ1v) is 7.53. The molecule has 1 fully saturated rings. The van der Waals surface area contributed by atoms with Gasteiger partial charge in [0.2, 0.25) is 0 Å². The molecule has 0 aromatic rings. The van der Waals surface area contributed by atoms with E-state index in [4.69, 9.17) is 15.0 Å². The van der Waals surface area contributed by atoms with Gasteiger partial charge in [-0.2, -0.15) is 13.2 Å². The normalized spacial score (nSPS) is 25.2. The van der Waals surface area contributed by atoms with Crippen LogP contribution in [0.5, 0.6) is 0 Å². The molecule has 0 saturated carbocycles. The fourth-order valence-corrected chi connectivity index (χ4v) is 5.43. The van der Waals surface area contributed by atoms with Crippen molar-refractivity contribution in [2.45, 2.75) is 10.9 Å². The molecule has 2 rings (SSSR count). The van der Waals surface area contributed by atoms with Gasteiger partial charge in [-0.05, 0) is 17.1 Å². The number of nitrogens with zero attached hydrogens (tertiary/aromatic N) is 1. The van der Waals surface area contributed by atoms with Crippen LogP contribution in [0.25, 0.3) is 0 Å². The molecule has 108 valence electrons. The van der Waals surface area contributed by atoms with Gasteiger partial charge in [0.1, 0.15) is 4.71 Å². The first kappa shape index (κ1) is 16.2. The standard InChI is InChI=1S/C5H5NO3S3.C2HF3O2/c7-3-6-4(11-3)10-1-2-12(6)5(8)9;3-2(4,5)1(6)7/h2,4H,1H2,(H,8,9);(H,6,7)/t4-,12?;/m0./s1. The molecule has 0 aliphatic carbocycles. The van der Waals surface area contributed by atoms with Gasteiger partial charge in [-0.15, -0.1) is 11.8 Å². The number of halogens is 3. The zero-order chi connectivity index (χ0) is 14.8. The first-order valence-electron chi connectivity index (χ1n) is 4.35. The lowest BCUT2D eigenvalue weighted by atomic mass is 10.7. The van der Waals surface area contributed by atoms with Crippen LogP contribution in [-0.2, 0) is 4.79 Å². The summed E-state index contributed by atoms with van der Waals surface area (Å²) in [6.07, 6.45) is -5.08. The topological polar surface area (TPSA) is 94.9 Å². The molecule has 6 nitrogen and oxygen atoms in total. The van der Waals surface area contributed by atoms with E-state index in [0.717, 1.165) is 5.75 Å². The van der Waals surface area contributed by atoms with Gasteiger partial charge in [-0.25, -0.2) is 9.59 Å². The molecule has 2 aliphatic rings. The summed E-state index contributed by atoms with van der Waals surface area (Å²) in [7, 11) is -0.981. The predicted molar refractivity (Wildman–Crippen MR) is 66.4 cm³/mol. The van der Waals surface area contributed by atoms with Crippen molar-refractivity contribution in [2.24, 2.45) is 0 Å². The van der Waals surface area contributed by atoms with Gasteiger partial charge in [0.25, 0.3) is 5.24 Å². The number of hydrogen-bond acceptors (Lipinski definition) is 5. The number of carbonyl (C=O) groups excluding carboxylic acids is 1. The van der Waals surface area contributed by atoms with E-state index >= 15 is 0 Å². The number of fused-ring (bicyclic) bond motifs is 1. The highest BCUT2D eigenvalue weighted by atomic mass is 32.2. The average molecular weight is 337 g/mol. The molecule has 1 saturated heterocycles. The third-order valence-corrected chi connectivity index (χ3v) is 6.27. The second-order valence-corrected chi connectivity index (χ2v) is 7.05. The van der Waals surface area contributed by atoms with Crippen molar-refractivity contribution >= 4 is 56.1 Å². The maximum Gasteiger partial charge on any atom is 0.490 e. The number of carbonyl (C=O) groups is 3. The van der Waals surface area contributed by atoms with Gasteiger partial charge in [-0.3, -0.25) is 9.10 Å². The lowest BCUT2D eigenvalue weighted by molar-refractivity contribution is -0.192. The number of rotatable bonds is 0. The molecule has 2 aliphatic heterocycles. The van der Waals surface area contributed by atoms with Gasteiger partial charge in [0, 0.05) is 16.4 Å². The summed E-state index contributed by atoms with van der Waals surface area (Å²) in [4.78, 5) is 30.5. The lowest BCUT2D eigenvalue weighted by Gasteiger charge is -2.40. The van der Waals surface area contributed by atoms with Gasteiger partial charge in [0.05, 0.1) is 0 Å². The Hall–Kier alpha value is -0.880. The molecule has 0 bridgehead atoms.